The van der Waals surface area contributed by atoms with Gasteiger partial charge in [0.25, 0.3) is 0 Å². The van der Waals surface area contributed by atoms with E-state index in [1.165, 1.54) is 50.0 Å². The van der Waals surface area contributed by atoms with E-state index in [2.05, 4.69) is 54.7 Å². The Balaban J connectivity index is 0.637. The average Bonchev–Trinajstić information content (AvgIpc) is 4.02. The van der Waals surface area contributed by atoms with E-state index >= 15 is 8.78 Å². The number of ether oxygens (including phenoxy) is 2. The van der Waals surface area contributed by atoms with Crippen molar-refractivity contribution in [3.05, 3.63) is 84.5 Å². The number of allylic oxidation sites excluding steroid dienone is 1. The summed E-state index contributed by atoms with van der Waals surface area (Å²) in [5.41, 5.74) is 4.99. The van der Waals surface area contributed by atoms with Crippen LogP contribution in [0.25, 0.3) is 44.0 Å². The molecule has 2 saturated carbocycles. The van der Waals surface area contributed by atoms with E-state index in [1.807, 2.05) is 17.8 Å². The second-order valence-corrected chi connectivity index (χ2v) is 22.9. The van der Waals surface area contributed by atoms with E-state index in [0.29, 0.717) is 58.1 Å². The Bertz CT molecular complexity index is 3150. The number of rotatable bonds is 12. The number of phenols is 1. The quantitative estimate of drug-likeness (QED) is 0.121. The van der Waals surface area contributed by atoms with Crippen LogP contribution in [0.1, 0.15) is 89.2 Å². The number of phenolic OH excluding ortho intramolecular Hbond substituents is 1. The third-order valence-corrected chi connectivity index (χ3v) is 18.1. The van der Waals surface area contributed by atoms with Crippen LogP contribution in [0.4, 0.5) is 20.3 Å². The SMILES string of the molecule is C=C1CCC(n2cnc3cc(N4CCN(CC5CC6(CCN(CC7(COc8nc(N9CCC[C@]%10(CCO%10)C9)c9cnc(-c%10cc(O)cc%11ccc(F)c(CC)c%10%11)c(F)c9n8)CC7)CC6)C5)CC4)ccc32)C(=O)N1. The molecule has 13 rings (SSSR count). The van der Waals surface area contributed by atoms with Gasteiger partial charge in [-0.1, -0.05) is 19.6 Å². The number of pyridine rings is 1. The number of hydrogen-bond acceptors (Lipinski definition) is 12. The Kier molecular flexibility index (Phi) is 11.6. The lowest BCUT2D eigenvalue weighted by Crippen LogP contribution is -2.56. The smallest absolute Gasteiger partial charge is 0.319 e. The molecule has 1 unspecified atom stereocenters. The Morgan fingerprint density at radius 2 is 1.74 bits per heavy atom. The number of aromatic hydroxyl groups is 1. The Labute approximate surface area is 424 Å². The first kappa shape index (κ1) is 46.8. The summed E-state index contributed by atoms with van der Waals surface area (Å²) in [5, 5.41) is 15.3. The van der Waals surface area contributed by atoms with Crippen molar-refractivity contribution in [3.63, 3.8) is 0 Å². The molecule has 6 aromatic rings. The number of imidazole rings is 1. The summed E-state index contributed by atoms with van der Waals surface area (Å²) in [6.07, 6.45) is 15.5. The first-order valence-electron chi connectivity index (χ1n) is 26.9. The molecule has 2 aliphatic carbocycles. The average molecular weight is 993 g/mol. The number of nitrogens with zero attached hydrogens (tertiary/aromatic N) is 9. The minimum absolute atomic E-state index is 0.00204. The zero-order valence-electron chi connectivity index (χ0n) is 42.0. The van der Waals surface area contributed by atoms with Crippen LogP contribution in [-0.4, -0.2) is 130 Å². The van der Waals surface area contributed by atoms with E-state index in [0.717, 1.165) is 127 Å². The lowest BCUT2D eigenvalue weighted by molar-refractivity contribution is -0.151. The fourth-order valence-corrected chi connectivity index (χ4v) is 13.7. The second-order valence-electron chi connectivity index (χ2n) is 22.9. The number of likely N-dealkylation sites (tertiary alicyclic amines) is 1. The third kappa shape index (κ3) is 8.64. The van der Waals surface area contributed by atoms with Crippen molar-refractivity contribution in [2.24, 2.45) is 16.7 Å². The third-order valence-electron chi connectivity index (χ3n) is 18.1. The summed E-state index contributed by atoms with van der Waals surface area (Å²) in [6, 6.07) is 12.4. The molecule has 7 aliphatic rings. The molecule has 14 nitrogen and oxygen atoms in total. The normalized spacial score (nSPS) is 24.4. The maximum atomic E-state index is 17.3. The number of piperazine rings is 1. The number of nitrogens with one attached hydrogen (secondary N) is 1. The maximum Gasteiger partial charge on any atom is 0.319 e. The molecule has 1 amide bonds. The number of anilines is 2. The summed E-state index contributed by atoms with van der Waals surface area (Å²) >= 11 is 0. The molecular formula is C57H66F2N10O4. The molecule has 8 heterocycles. The molecule has 2 N–H and O–H groups in total. The van der Waals surface area contributed by atoms with E-state index in [-0.39, 0.29) is 51.8 Å². The van der Waals surface area contributed by atoms with Crippen LogP contribution in [0.5, 0.6) is 11.8 Å². The summed E-state index contributed by atoms with van der Waals surface area (Å²) in [5.74, 6) is 0.232. The predicted molar refractivity (Wildman–Crippen MR) is 278 cm³/mol. The molecule has 5 aliphatic heterocycles. The van der Waals surface area contributed by atoms with Gasteiger partial charge >= 0.3 is 6.01 Å². The lowest BCUT2D eigenvalue weighted by atomic mass is 9.57. The predicted octanol–water partition coefficient (Wildman–Crippen LogP) is 8.94. The van der Waals surface area contributed by atoms with Gasteiger partial charge in [0, 0.05) is 87.3 Å². The number of aromatic nitrogens is 5. The van der Waals surface area contributed by atoms with Gasteiger partial charge in [0.15, 0.2) is 5.82 Å². The van der Waals surface area contributed by atoms with Crippen molar-refractivity contribution in [3.8, 4) is 23.0 Å². The highest BCUT2D eigenvalue weighted by Crippen LogP contribution is 2.54. The van der Waals surface area contributed by atoms with Gasteiger partial charge in [-0.05, 0) is 148 Å². The van der Waals surface area contributed by atoms with Gasteiger partial charge in [0.1, 0.15) is 34.6 Å². The molecule has 0 bridgehead atoms. The van der Waals surface area contributed by atoms with E-state index < -0.39 is 5.82 Å². The van der Waals surface area contributed by atoms with Crippen LogP contribution in [0.3, 0.4) is 0 Å². The number of carbonyl (C=O) groups excluding carboxylic acids is 1. The molecule has 7 fully saturated rings. The minimum atomic E-state index is -0.657. The van der Waals surface area contributed by atoms with E-state index in [4.69, 9.17) is 24.4 Å². The number of fused-ring (bicyclic) bond motifs is 3. The topological polar surface area (TPSA) is 137 Å². The Morgan fingerprint density at radius 1 is 0.918 bits per heavy atom. The molecule has 0 radical (unpaired) electrons. The molecule has 382 valence electrons. The van der Waals surface area contributed by atoms with Crippen LogP contribution in [-0.2, 0) is 16.0 Å². The largest absolute Gasteiger partial charge is 0.508 e. The number of halogens is 2. The highest BCUT2D eigenvalue weighted by atomic mass is 19.1. The van der Waals surface area contributed by atoms with Crippen LogP contribution >= 0.6 is 0 Å². The summed E-state index contributed by atoms with van der Waals surface area (Å²) in [4.78, 5) is 41.8. The van der Waals surface area contributed by atoms with Crippen molar-refractivity contribution >= 4 is 50.1 Å². The zero-order valence-corrected chi connectivity index (χ0v) is 42.0. The summed E-state index contributed by atoms with van der Waals surface area (Å²) in [7, 11) is 0. The fourth-order valence-electron chi connectivity index (χ4n) is 13.7. The first-order valence-corrected chi connectivity index (χ1v) is 26.9. The second kappa shape index (κ2) is 18.2. The van der Waals surface area contributed by atoms with Gasteiger partial charge in [0.05, 0.1) is 41.6 Å². The molecule has 3 aromatic carbocycles. The van der Waals surface area contributed by atoms with Crippen molar-refractivity contribution in [2.45, 2.75) is 95.6 Å². The van der Waals surface area contributed by atoms with Crippen LogP contribution in [0.2, 0.25) is 0 Å². The number of amides is 1. The minimum Gasteiger partial charge on any atom is -0.508 e. The molecule has 2 atom stereocenters. The zero-order chi connectivity index (χ0) is 49.6. The molecule has 73 heavy (non-hydrogen) atoms. The van der Waals surface area contributed by atoms with Crippen molar-refractivity contribution in [1.29, 1.82) is 0 Å². The van der Waals surface area contributed by atoms with Crippen molar-refractivity contribution in [2.75, 3.05) is 88.5 Å². The van der Waals surface area contributed by atoms with Crippen LogP contribution in [0, 0.1) is 28.4 Å². The lowest BCUT2D eigenvalue weighted by Gasteiger charge is -2.54. The van der Waals surface area contributed by atoms with Crippen molar-refractivity contribution in [1.82, 2.24) is 39.6 Å². The van der Waals surface area contributed by atoms with E-state index in [9.17, 15) is 9.90 Å². The molecule has 3 aromatic heterocycles. The molecule has 2 spiro atoms. The number of hydrogen-bond donors (Lipinski definition) is 2. The maximum absolute atomic E-state index is 17.3. The summed E-state index contributed by atoms with van der Waals surface area (Å²) < 4.78 is 47.2. The monoisotopic (exact) mass is 993 g/mol. The number of carbonyl (C=O) groups is 1. The number of aryl methyl sites for hydroxylation is 1. The van der Waals surface area contributed by atoms with E-state index in [1.54, 1.807) is 18.3 Å². The molecule has 5 saturated heterocycles. The number of benzene rings is 3. The highest BCUT2D eigenvalue weighted by molar-refractivity contribution is 6.02. The highest BCUT2D eigenvalue weighted by Gasteiger charge is 2.50. The van der Waals surface area contributed by atoms with Gasteiger partial charge in [-0.25, -0.2) is 13.8 Å². The summed E-state index contributed by atoms with van der Waals surface area (Å²) in [6.45, 7) is 16.8. The van der Waals surface area contributed by atoms with Gasteiger partial charge in [-0.2, -0.15) is 9.97 Å². The molecule has 16 heteroatoms. The number of piperidine rings is 3. The van der Waals surface area contributed by atoms with Crippen molar-refractivity contribution < 1.29 is 28.2 Å². The fraction of sp³-hybridized carbons (Fsp3) is 0.526. The standard InChI is InChI=1S/C57H66F2N10O4/c1-3-41-44(58)8-6-38-25-40(70)27-42(48(38)41)50-49(59)51-43(30-60-50)52(68-17-4-11-57(33-68)16-24-73-57)64-54(63-51)72-34-56(12-13-56)32-66-18-14-55(15-19-66)28-37(29-55)31-65-20-22-67(23-21-65)39-7-10-46-45(26-39)61-35-69(46)47-9-5-36(2)62-53(47)71/h6-8,10,25-27,30,35,37,47,70H,2-5,9,11-24,28-29,31-34H2,1H3,(H,62,71)/t47?,57-/m0/s1. The van der Waals surface area contributed by atoms with Gasteiger partial charge in [-0.15, -0.1) is 0 Å². The Hall–Kier alpha value is -5.97. The van der Waals surface area contributed by atoms with Crippen LogP contribution < -0.4 is 19.9 Å². The Morgan fingerprint density at radius 3 is 2.49 bits per heavy atom. The van der Waals surface area contributed by atoms with Gasteiger partial charge < -0.3 is 39.2 Å². The first-order chi connectivity index (χ1) is 35.4. The van der Waals surface area contributed by atoms with Gasteiger partial charge in [0.2, 0.25) is 5.91 Å². The van der Waals surface area contributed by atoms with Gasteiger partial charge in [-0.3, -0.25) is 14.7 Å². The molecular weight excluding hydrogens is 927 g/mol. The van der Waals surface area contributed by atoms with Crippen LogP contribution in [0.15, 0.2) is 67.3 Å².